The lowest BCUT2D eigenvalue weighted by Crippen LogP contribution is -2.21. The fraction of sp³-hybridized carbons (Fsp3) is 0.800. The first-order valence-electron chi connectivity index (χ1n) is 7.61. The monoisotopic (exact) mass is 264 g/mol. The Morgan fingerprint density at radius 2 is 2.00 bits per heavy atom. The molecule has 19 heavy (non-hydrogen) atoms. The summed E-state index contributed by atoms with van der Waals surface area (Å²) in [7, 11) is 4.23. The van der Waals surface area contributed by atoms with Crippen molar-refractivity contribution >= 4 is 0 Å². The van der Waals surface area contributed by atoms with Gasteiger partial charge >= 0.3 is 0 Å². The highest BCUT2D eigenvalue weighted by Gasteiger charge is 2.22. The van der Waals surface area contributed by atoms with Crippen molar-refractivity contribution in [3.05, 3.63) is 17.0 Å². The van der Waals surface area contributed by atoms with Gasteiger partial charge in [-0.25, -0.2) is 0 Å². The van der Waals surface area contributed by atoms with Crippen LogP contribution in [0, 0.1) is 0 Å². The first-order chi connectivity index (χ1) is 9.15. The van der Waals surface area contributed by atoms with Gasteiger partial charge in [-0.05, 0) is 39.8 Å². The van der Waals surface area contributed by atoms with Crippen LogP contribution in [-0.2, 0) is 25.9 Å². The number of aryl methyl sites for hydroxylation is 1. The number of likely N-dealkylation sites (N-methyl/N-ethyl adjacent to an activating group) is 1. The lowest BCUT2D eigenvalue weighted by molar-refractivity contribution is 0.369. The predicted molar refractivity (Wildman–Crippen MR) is 79.4 cm³/mol. The third-order valence-corrected chi connectivity index (χ3v) is 3.82. The van der Waals surface area contributed by atoms with E-state index in [4.69, 9.17) is 5.10 Å². The van der Waals surface area contributed by atoms with Gasteiger partial charge in [0.1, 0.15) is 0 Å². The van der Waals surface area contributed by atoms with Crippen LogP contribution in [0.3, 0.4) is 0 Å². The quantitative estimate of drug-likeness (QED) is 0.777. The minimum absolute atomic E-state index is 0.763. The molecule has 108 valence electrons. The topological polar surface area (TPSA) is 33.1 Å². The third-order valence-electron chi connectivity index (χ3n) is 3.82. The van der Waals surface area contributed by atoms with Gasteiger partial charge in [0, 0.05) is 30.4 Å². The summed E-state index contributed by atoms with van der Waals surface area (Å²) in [6.07, 6.45) is 4.79. The van der Waals surface area contributed by atoms with E-state index >= 15 is 0 Å². The van der Waals surface area contributed by atoms with Crippen LogP contribution in [0.5, 0.6) is 0 Å². The Morgan fingerprint density at radius 1 is 1.26 bits per heavy atom. The minimum Gasteiger partial charge on any atom is -0.310 e. The number of aromatic nitrogens is 2. The average molecular weight is 264 g/mol. The van der Waals surface area contributed by atoms with E-state index in [9.17, 15) is 0 Å². The Balaban J connectivity index is 2.12. The number of nitrogens with zero attached hydrogens (tertiary/aromatic N) is 3. The molecule has 0 radical (unpaired) electrons. The molecule has 0 atom stereocenters. The van der Waals surface area contributed by atoms with Crippen molar-refractivity contribution in [3.63, 3.8) is 0 Å². The first-order valence-corrected chi connectivity index (χ1v) is 7.61. The SMILES string of the molecule is CCc1nn(CCN(C)C)c(CC)c1CNC1CC1. The van der Waals surface area contributed by atoms with Gasteiger partial charge in [0.2, 0.25) is 0 Å². The molecule has 1 heterocycles. The van der Waals surface area contributed by atoms with Gasteiger partial charge in [-0.2, -0.15) is 5.10 Å². The molecule has 0 aliphatic heterocycles. The van der Waals surface area contributed by atoms with E-state index in [0.29, 0.717) is 0 Å². The van der Waals surface area contributed by atoms with E-state index in [1.807, 2.05) is 0 Å². The largest absolute Gasteiger partial charge is 0.310 e. The molecule has 1 aliphatic rings. The summed E-state index contributed by atoms with van der Waals surface area (Å²) in [5, 5.41) is 8.46. The Kier molecular flexibility index (Phi) is 4.99. The van der Waals surface area contributed by atoms with E-state index in [2.05, 4.69) is 42.8 Å². The molecule has 1 fully saturated rings. The first kappa shape index (κ1) is 14.5. The molecule has 2 rings (SSSR count). The highest BCUT2D eigenvalue weighted by atomic mass is 15.3. The predicted octanol–water partition coefficient (Wildman–Crippen LogP) is 1.82. The summed E-state index contributed by atoms with van der Waals surface area (Å²) in [5.74, 6) is 0. The minimum atomic E-state index is 0.763. The molecule has 4 nitrogen and oxygen atoms in total. The lowest BCUT2D eigenvalue weighted by atomic mass is 10.1. The fourth-order valence-electron chi connectivity index (χ4n) is 2.49. The smallest absolute Gasteiger partial charge is 0.0669 e. The van der Waals surface area contributed by atoms with Crippen LogP contribution in [-0.4, -0.2) is 41.4 Å². The number of hydrogen-bond donors (Lipinski definition) is 1. The van der Waals surface area contributed by atoms with Gasteiger partial charge in [0.15, 0.2) is 0 Å². The Hall–Kier alpha value is -0.870. The summed E-state index contributed by atoms with van der Waals surface area (Å²) in [4.78, 5) is 2.22. The highest BCUT2D eigenvalue weighted by molar-refractivity contribution is 5.27. The normalized spacial score (nSPS) is 15.4. The van der Waals surface area contributed by atoms with Crippen LogP contribution in [0.25, 0.3) is 0 Å². The maximum atomic E-state index is 4.82. The van der Waals surface area contributed by atoms with E-state index in [-0.39, 0.29) is 0 Å². The van der Waals surface area contributed by atoms with Crippen LogP contribution in [0.1, 0.15) is 43.6 Å². The zero-order valence-corrected chi connectivity index (χ0v) is 12.9. The second kappa shape index (κ2) is 6.53. The molecule has 0 spiro atoms. The standard InChI is InChI=1S/C15H28N4/c1-5-14-13(11-16-12-7-8-12)15(6-2)19(17-14)10-9-18(3)4/h12,16H,5-11H2,1-4H3. The van der Waals surface area contributed by atoms with Crippen LogP contribution < -0.4 is 5.32 Å². The molecule has 0 unspecified atom stereocenters. The van der Waals surface area contributed by atoms with Gasteiger partial charge < -0.3 is 10.2 Å². The van der Waals surface area contributed by atoms with Crippen molar-refractivity contribution in [2.45, 2.75) is 58.7 Å². The van der Waals surface area contributed by atoms with Gasteiger partial charge in [-0.3, -0.25) is 4.68 Å². The molecular formula is C15H28N4. The maximum absolute atomic E-state index is 4.82. The second-order valence-electron chi connectivity index (χ2n) is 5.76. The molecule has 1 N–H and O–H groups in total. The molecule has 1 aromatic rings. The van der Waals surface area contributed by atoms with Crippen molar-refractivity contribution in [1.29, 1.82) is 0 Å². The summed E-state index contributed by atoms with van der Waals surface area (Å²) < 4.78 is 2.22. The number of hydrogen-bond acceptors (Lipinski definition) is 3. The zero-order valence-electron chi connectivity index (χ0n) is 12.9. The van der Waals surface area contributed by atoms with Crippen molar-refractivity contribution in [2.75, 3.05) is 20.6 Å². The van der Waals surface area contributed by atoms with Crippen molar-refractivity contribution in [2.24, 2.45) is 0 Å². The summed E-state index contributed by atoms with van der Waals surface area (Å²) in [6.45, 7) is 7.49. The number of nitrogens with one attached hydrogen (secondary N) is 1. The third kappa shape index (κ3) is 3.80. The van der Waals surface area contributed by atoms with Crippen molar-refractivity contribution in [1.82, 2.24) is 20.0 Å². The average Bonchev–Trinajstić information content (AvgIpc) is 3.15. The Morgan fingerprint density at radius 3 is 2.53 bits per heavy atom. The summed E-state index contributed by atoms with van der Waals surface area (Å²) in [5.41, 5.74) is 4.16. The van der Waals surface area contributed by atoms with Crippen LogP contribution in [0.4, 0.5) is 0 Å². The van der Waals surface area contributed by atoms with Gasteiger partial charge in [0.05, 0.1) is 12.2 Å². The highest BCUT2D eigenvalue weighted by Crippen LogP contribution is 2.22. The molecule has 0 saturated heterocycles. The van der Waals surface area contributed by atoms with Gasteiger partial charge in [-0.15, -0.1) is 0 Å². The second-order valence-corrected chi connectivity index (χ2v) is 5.76. The van der Waals surface area contributed by atoms with Gasteiger partial charge in [-0.1, -0.05) is 13.8 Å². The van der Waals surface area contributed by atoms with E-state index < -0.39 is 0 Å². The van der Waals surface area contributed by atoms with Crippen molar-refractivity contribution < 1.29 is 0 Å². The lowest BCUT2D eigenvalue weighted by Gasteiger charge is -2.12. The molecule has 1 aliphatic carbocycles. The molecular weight excluding hydrogens is 236 g/mol. The fourth-order valence-corrected chi connectivity index (χ4v) is 2.49. The molecule has 4 heteroatoms. The maximum Gasteiger partial charge on any atom is 0.0669 e. The van der Waals surface area contributed by atoms with E-state index in [0.717, 1.165) is 38.5 Å². The van der Waals surface area contributed by atoms with Gasteiger partial charge in [0.25, 0.3) is 0 Å². The van der Waals surface area contributed by atoms with Crippen molar-refractivity contribution in [3.8, 4) is 0 Å². The summed E-state index contributed by atoms with van der Waals surface area (Å²) in [6, 6.07) is 0.763. The van der Waals surface area contributed by atoms with E-state index in [1.54, 1.807) is 0 Å². The molecule has 0 aromatic carbocycles. The Bertz CT molecular complexity index is 405. The van der Waals surface area contributed by atoms with Crippen LogP contribution in [0.2, 0.25) is 0 Å². The molecule has 0 amide bonds. The molecule has 0 bridgehead atoms. The number of rotatable bonds is 8. The Labute approximate surface area is 117 Å². The van der Waals surface area contributed by atoms with Crippen LogP contribution in [0.15, 0.2) is 0 Å². The molecule has 1 saturated carbocycles. The zero-order chi connectivity index (χ0) is 13.8. The molecule has 1 aromatic heterocycles. The summed E-state index contributed by atoms with van der Waals surface area (Å²) >= 11 is 0. The van der Waals surface area contributed by atoms with Crippen LogP contribution >= 0.6 is 0 Å². The van der Waals surface area contributed by atoms with E-state index in [1.165, 1.54) is 29.8 Å².